The third-order valence-corrected chi connectivity index (χ3v) is 2.45. The molecule has 0 saturated heterocycles. The second-order valence-corrected chi connectivity index (χ2v) is 3.47. The molecule has 0 spiro atoms. The van der Waals surface area contributed by atoms with Crippen LogP contribution in [0.4, 0.5) is 0 Å². The maximum Gasteiger partial charge on any atom is 0.251 e. The second-order valence-electron chi connectivity index (χ2n) is 3.47. The summed E-state index contributed by atoms with van der Waals surface area (Å²) < 4.78 is 10.3. The number of ether oxygens (including phenoxy) is 2. The second kappa shape index (κ2) is 6.81. The summed E-state index contributed by atoms with van der Waals surface area (Å²) in [7, 11) is 1.60. The van der Waals surface area contributed by atoms with Gasteiger partial charge in [0.25, 0.3) is 5.88 Å². The lowest BCUT2D eigenvalue weighted by atomic mass is 10.0. The molecule has 0 amide bonds. The largest absolute Gasteiger partial charge is 0.473 e. The normalized spacial score (nSPS) is 10.0. The molecule has 1 aromatic heterocycles. The minimum atomic E-state index is 0.304. The third-order valence-electron chi connectivity index (χ3n) is 2.45. The predicted octanol–water partition coefficient (Wildman–Crippen LogP) is 1.50. The van der Waals surface area contributed by atoms with Crippen LogP contribution >= 0.6 is 0 Å². The number of hydrogen-bond acceptors (Lipinski definition) is 5. The summed E-state index contributed by atoms with van der Waals surface area (Å²) in [5.74, 6) is 0.304. The number of aromatic nitrogens is 2. The van der Waals surface area contributed by atoms with Crippen LogP contribution in [0.3, 0.4) is 0 Å². The molecule has 0 aromatic carbocycles. The van der Waals surface area contributed by atoms with Crippen molar-refractivity contribution in [2.24, 2.45) is 0 Å². The number of nitriles is 1. The molecular formula is C12H17N3O2. The van der Waals surface area contributed by atoms with Crippen LogP contribution in [-0.2, 0) is 17.6 Å². The van der Waals surface area contributed by atoms with Crippen molar-refractivity contribution >= 4 is 0 Å². The Morgan fingerprint density at radius 3 is 2.47 bits per heavy atom. The monoisotopic (exact) mass is 235 g/mol. The van der Waals surface area contributed by atoms with Gasteiger partial charge in [0.2, 0.25) is 0 Å². The van der Waals surface area contributed by atoms with E-state index in [4.69, 9.17) is 9.47 Å². The Morgan fingerprint density at radius 2 is 1.94 bits per heavy atom. The molecule has 0 aliphatic rings. The van der Waals surface area contributed by atoms with Crippen molar-refractivity contribution in [1.29, 1.82) is 5.26 Å². The fourth-order valence-corrected chi connectivity index (χ4v) is 1.59. The molecule has 0 aliphatic carbocycles. The van der Waals surface area contributed by atoms with Crippen LogP contribution in [0.25, 0.3) is 0 Å². The van der Waals surface area contributed by atoms with Gasteiger partial charge in [-0.15, -0.1) is 5.10 Å². The summed E-state index contributed by atoms with van der Waals surface area (Å²) in [5, 5.41) is 17.2. The van der Waals surface area contributed by atoms with Crippen LogP contribution in [0.5, 0.6) is 5.88 Å². The van der Waals surface area contributed by atoms with Gasteiger partial charge in [0, 0.05) is 7.11 Å². The van der Waals surface area contributed by atoms with Crippen molar-refractivity contribution in [2.45, 2.75) is 26.7 Å². The van der Waals surface area contributed by atoms with Gasteiger partial charge in [0.1, 0.15) is 18.2 Å². The van der Waals surface area contributed by atoms with E-state index in [1.54, 1.807) is 7.11 Å². The average molecular weight is 235 g/mol. The smallest absolute Gasteiger partial charge is 0.251 e. The van der Waals surface area contributed by atoms with E-state index in [2.05, 4.69) is 16.3 Å². The quantitative estimate of drug-likeness (QED) is 0.699. The maximum atomic E-state index is 9.18. The molecule has 0 atom stereocenters. The molecule has 5 heteroatoms. The first-order chi connectivity index (χ1) is 8.28. The summed E-state index contributed by atoms with van der Waals surface area (Å²) in [5.41, 5.74) is 2.29. The lowest BCUT2D eigenvalue weighted by molar-refractivity contribution is 0.143. The zero-order chi connectivity index (χ0) is 12.7. The van der Waals surface area contributed by atoms with Gasteiger partial charge in [-0.1, -0.05) is 13.8 Å². The summed E-state index contributed by atoms with van der Waals surface area (Å²) in [6.07, 6.45) is 1.52. The molecular weight excluding hydrogens is 218 g/mol. The number of hydrogen-bond donors (Lipinski definition) is 0. The number of nitrogens with zero attached hydrogens (tertiary/aromatic N) is 3. The van der Waals surface area contributed by atoms with E-state index >= 15 is 0 Å². The maximum absolute atomic E-state index is 9.18. The zero-order valence-corrected chi connectivity index (χ0v) is 10.5. The molecule has 1 rings (SSSR count). The van der Waals surface area contributed by atoms with E-state index in [1.807, 2.05) is 13.8 Å². The van der Waals surface area contributed by atoms with E-state index in [9.17, 15) is 5.26 Å². The molecule has 0 N–H and O–H groups in total. The Morgan fingerprint density at radius 1 is 1.18 bits per heavy atom. The van der Waals surface area contributed by atoms with Crippen molar-refractivity contribution < 1.29 is 9.47 Å². The first kappa shape index (κ1) is 13.4. The summed E-state index contributed by atoms with van der Waals surface area (Å²) in [4.78, 5) is 0. The van der Waals surface area contributed by atoms with Gasteiger partial charge < -0.3 is 9.47 Å². The topological polar surface area (TPSA) is 68.0 Å². The minimum absolute atomic E-state index is 0.304. The number of methoxy groups -OCH3 is 1. The Bertz CT molecular complexity index is 413. The van der Waals surface area contributed by atoms with E-state index in [1.165, 1.54) is 0 Å². The van der Waals surface area contributed by atoms with Gasteiger partial charge in [-0.25, -0.2) is 0 Å². The van der Waals surface area contributed by atoms with Crippen molar-refractivity contribution in [2.75, 3.05) is 20.3 Å². The highest BCUT2D eigenvalue weighted by molar-refractivity contribution is 5.46. The first-order valence-corrected chi connectivity index (χ1v) is 5.68. The number of aryl methyl sites for hydroxylation is 1. The molecule has 0 unspecified atom stereocenters. The average Bonchev–Trinajstić information content (AvgIpc) is 2.38. The van der Waals surface area contributed by atoms with E-state index < -0.39 is 0 Å². The van der Waals surface area contributed by atoms with Gasteiger partial charge in [-0.05, 0) is 18.4 Å². The van der Waals surface area contributed by atoms with Crippen LogP contribution in [0.15, 0.2) is 0 Å². The molecule has 0 aliphatic heterocycles. The first-order valence-electron chi connectivity index (χ1n) is 5.68. The molecule has 17 heavy (non-hydrogen) atoms. The van der Waals surface area contributed by atoms with Crippen LogP contribution in [0, 0.1) is 11.3 Å². The molecule has 5 nitrogen and oxygen atoms in total. The predicted molar refractivity (Wildman–Crippen MR) is 62.9 cm³/mol. The highest BCUT2D eigenvalue weighted by Gasteiger charge is 2.15. The zero-order valence-electron chi connectivity index (χ0n) is 10.5. The summed E-state index contributed by atoms with van der Waals surface area (Å²) in [6.45, 7) is 4.82. The van der Waals surface area contributed by atoms with Gasteiger partial charge in [-0.2, -0.15) is 10.4 Å². The van der Waals surface area contributed by atoms with Crippen molar-refractivity contribution in [3.05, 3.63) is 16.8 Å². The Labute approximate surface area is 101 Å². The van der Waals surface area contributed by atoms with Gasteiger partial charge in [0.15, 0.2) is 0 Å². The van der Waals surface area contributed by atoms with E-state index in [0.717, 1.165) is 24.1 Å². The SMILES string of the molecule is CCc1nnc(OCCOC)c(C#N)c1CC. The molecule has 0 saturated carbocycles. The number of rotatable bonds is 6. The molecule has 0 fully saturated rings. The molecule has 1 aromatic rings. The highest BCUT2D eigenvalue weighted by Crippen LogP contribution is 2.21. The van der Waals surface area contributed by atoms with E-state index in [0.29, 0.717) is 24.7 Å². The van der Waals surface area contributed by atoms with Crippen molar-refractivity contribution in [3.8, 4) is 11.9 Å². The van der Waals surface area contributed by atoms with Crippen LogP contribution in [-0.4, -0.2) is 30.5 Å². The van der Waals surface area contributed by atoms with Gasteiger partial charge in [0.05, 0.1) is 12.3 Å². The lowest BCUT2D eigenvalue weighted by Crippen LogP contribution is -2.10. The summed E-state index contributed by atoms with van der Waals surface area (Å²) >= 11 is 0. The fourth-order valence-electron chi connectivity index (χ4n) is 1.59. The van der Waals surface area contributed by atoms with Gasteiger partial charge >= 0.3 is 0 Å². The minimum Gasteiger partial charge on any atom is -0.473 e. The third kappa shape index (κ3) is 3.14. The van der Waals surface area contributed by atoms with Gasteiger partial charge in [-0.3, -0.25) is 0 Å². The summed E-state index contributed by atoms with van der Waals surface area (Å²) in [6, 6.07) is 2.15. The van der Waals surface area contributed by atoms with E-state index in [-0.39, 0.29) is 0 Å². The van der Waals surface area contributed by atoms with Crippen LogP contribution in [0.2, 0.25) is 0 Å². The molecule has 1 heterocycles. The van der Waals surface area contributed by atoms with Crippen LogP contribution in [0.1, 0.15) is 30.7 Å². The van der Waals surface area contributed by atoms with Crippen molar-refractivity contribution in [1.82, 2.24) is 10.2 Å². The van der Waals surface area contributed by atoms with Crippen molar-refractivity contribution in [3.63, 3.8) is 0 Å². The molecule has 0 bridgehead atoms. The molecule has 92 valence electrons. The lowest BCUT2D eigenvalue weighted by Gasteiger charge is -2.10. The Kier molecular flexibility index (Phi) is 5.37. The highest BCUT2D eigenvalue weighted by atomic mass is 16.5. The standard InChI is InChI=1S/C12H17N3O2/c1-4-9-10(8-13)12(17-7-6-16-3)15-14-11(9)5-2/h4-7H2,1-3H3. The Balaban J connectivity index is 3.02. The fraction of sp³-hybridized carbons (Fsp3) is 0.583. The van der Waals surface area contributed by atoms with Crippen LogP contribution < -0.4 is 4.74 Å². The Hall–Kier alpha value is -1.67. The molecule has 0 radical (unpaired) electrons.